The highest BCUT2D eigenvalue weighted by molar-refractivity contribution is 5.93. The molecular weight excluding hydrogens is 282 g/mol. The zero-order valence-electron chi connectivity index (χ0n) is 12.2. The number of benzene rings is 2. The van der Waals surface area contributed by atoms with Gasteiger partial charge in [0.25, 0.3) is 0 Å². The number of phenolic OH excluding ortho intramolecular Hbond substituents is 1. The summed E-state index contributed by atoms with van der Waals surface area (Å²) in [5.74, 6) is -0.354. The lowest BCUT2D eigenvalue weighted by Gasteiger charge is -2.06. The van der Waals surface area contributed by atoms with Crippen LogP contribution in [0.25, 0.3) is 0 Å². The van der Waals surface area contributed by atoms with Crippen molar-refractivity contribution < 1.29 is 19.4 Å². The lowest BCUT2D eigenvalue weighted by atomic mass is 10.1. The third kappa shape index (κ3) is 4.34. The first-order valence-electron chi connectivity index (χ1n) is 6.84. The Morgan fingerprint density at radius 3 is 2.50 bits per heavy atom. The Morgan fingerprint density at radius 1 is 1.14 bits per heavy atom. The molecular formula is C17H17NO4. The molecule has 5 heteroatoms. The Kier molecular flexibility index (Phi) is 5.14. The van der Waals surface area contributed by atoms with Crippen molar-refractivity contribution in [3.8, 4) is 5.75 Å². The lowest BCUT2D eigenvalue weighted by molar-refractivity contribution is -0.116. The number of esters is 1. The molecule has 2 aromatic carbocycles. The van der Waals surface area contributed by atoms with E-state index in [1.54, 1.807) is 42.5 Å². The van der Waals surface area contributed by atoms with Crippen molar-refractivity contribution >= 4 is 17.6 Å². The number of carbonyl (C=O) groups is 2. The zero-order valence-corrected chi connectivity index (χ0v) is 12.2. The third-order valence-corrected chi connectivity index (χ3v) is 3.14. The maximum Gasteiger partial charge on any atom is 0.337 e. The first-order chi connectivity index (χ1) is 10.6. The molecule has 2 N–H and O–H groups in total. The van der Waals surface area contributed by atoms with Gasteiger partial charge in [-0.3, -0.25) is 4.79 Å². The van der Waals surface area contributed by atoms with E-state index in [4.69, 9.17) is 0 Å². The molecule has 0 aliphatic heterocycles. The Bertz CT molecular complexity index is 665. The number of hydrogen-bond acceptors (Lipinski definition) is 4. The van der Waals surface area contributed by atoms with Crippen LogP contribution < -0.4 is 5.32 Å². The summed E-state index contributed by atoms with van der Waals surface area (Å²) in [6, 6.07) is 13.3. The van der Waals surface area contributed by atoms with Gasteiger partial charge in [-0.15, -0.1) is 0 Å². The summed E-state index contributed by atoms with van der Waals surface area (Å²) < 4.78 is 4.61. The van der Waals surface area contributed by atoms with Crippen molar-refractivity contribution in [2.75, 3.05) is 12.4 Å². The fraction of sp³-hybridized carbons (Fsp3) is 0.176. The molecule has 114 valence electrons. The van der Waals surface area contributed by atoms with E-state index in [0.717, 1.165) is 5.56 Å². The van der Waals surface area contributed by atoms with Crippen molar-refractivity contribution in [3.63, 3.8) is 0 Å². The summed E-state index contributed by atoms with van der Waals surface area (Å²) in [6.45, 7) is 0. The van der Waals surface area contributed by atoms with Gasteiger partial charge in [0.15, 0.2) is 0 Å². The molecule has 0 bridgehead atoms. The minimum atomic E-state index is -0.415. The highest BCUT2D eigenvalue weighted by atomic mass is 16.5. The van der Waals surface area contributed by atoms with Gasteiger partial charge in [-0.25, -0.2) is 4.79 Å². The Morgan fingerprint density at radius 2 is 1.86 bits per heavy atom. The molecule has 0 aliphatic carbocycles. The van der Waals surface area contributed by atoms with Crippen molar-refractivity contribution in [2.24, 2.45) is 0 Å². The summed E-state index contributed by atoms with van der Waals surface area (Å²) in [5, 5.41) is 12.1. The number of methoxy groups -OCH3 is 1. The van der Waals surface area contributed by atoms with Gasteiger partial charge in [0, 0.05) is 12.1 Å². The van der Waals surface area contributed by atoms with Gasteiger partial charge < -0.3 is 15.2 Å². The van der Waals surface area contributed by atoms with Gasteiger partial charge in [-0.05, 0) is 48.4 Å². The number of carbonyl (C=O) groups excluding carboxylic acids is 2. The molecule has 0 spiro atoms. The molecule has 5 nitrogen and oxygen atoms in total. The topological polar surface area (TPSA) is 75.6 Å². The van der Waals surface area contributed by atoms with Crippen LogP contribution >= 0.6 is 0 Å². The van der Waals surface area contributed by atoms with E-state index in [1.807, 2.05) is 6.07 Å². The molecule has 0 unspecified atom stereocenters. The second-order valence-electron chi connectivity index (χ2n) is 4.79. The maximum atomic E-state index is 11.9. The van der Waals surface area contributed by atoms with Crippen LogP contribution in [0.4, 0.5) is 5.69 Å². The maximum absolute atomic E-state index is 11.9. The highest BCUT2D eigenvalue weighted by Gasteiger charge is 2.07. The van der Waals surface area contributed by atoms with Crippen LogP contribution in [0.15, 0.2) is 48.5 Å². The van der Waals surface area contributed by atoms with Gasteiger partial charge >= 0.3 is 5.97 Å². The van der Waals surface area contributed by atoms with E-state index in [1.165, 1.54) is 7.11 Å². The molecule has 0 radical (unpaired) electrons. The summed E-state index contributed by atoms with van der Waals surface area (Å²) in [5.41, 5.74) is 1.95. The molecule has 0 saturated carbocycles. The summed E-state index contributed by atoms with van der Waals surface area (Å²) in [4.78, 5) is 23.2. The monoisotopic (exact) mass is 299 g/mol. The number of amides is 1. The van der Waals surface area contributed by atoms with Crippen LogP contribution in [-0.4, -0.2) is 24.1 Å². The predicted molar refractivity (Wildman–Crippen MR) is 82.8 cm³/mol. The van der Waals surface area contributed by atoms with Gasteiger partial charge in [-0.2, -0.15) is 0 Å². The first-order valence-corrected chi connectivity index (χ1v) is 6.84. The largest absolute Gasteiger partial charge is 0.508 e. The molecule has 22 heavy (non-hydrogen) atoms. The number of rotatable bonds is 5. The van der Waals surface area contributed by atoms with Gasteiger partial charge in [0.1, 0.15) is 5.75 Å². The number of nitrogens with one attached hydrogen (secondary N) is 1. The summed E-state index contributed by atoms with van der Waals surface area (Å²) in [7, 11) is 1.32. The standard InChI is InChI=1S/C17H17NO4/c1-22-17(21)13-6-8-14(9-7-13)18-16(20)10-5-12-3-2-4-15(19)11-12/h2-4,6-9,11,19H,5,10H2,1H3,(H,18,20). The van der Waals surface area contributed by atoms with Crippen molar-refractivity contribution in [2.45, 2.75) is 12.8 Å². The molecule has 0 aromatic heterocycles. The smallest absolute Gasteiger partial charge is 0.337 e. The van der Waals surface area contributed by atoms with E-state index in [2.05, 4.69) is 10.1 Å². The highest BCUT2D eigenvalue weighted by Crippen LogP contribution is 2.14. The lowest BCUT2D eigenvalue weighted by Crippen LogP contribution is -2.12. The molecule has 2 aromatic rings. The normalized spacial score (nSPS) is 10.0. The molecule has 0 aliphatic rings. The number of hydrogen-bond donors (Lipinski definition) is 2. The number of aromatic hydroxyl groups is 1. The molecule has 0 heterocycles. The van der Waals surface area contributed by atoms with Crippen LogP contribution in [0, 0.1) is 0 Å². The fourth-order valence-electron chi connectivity index (χ4n) is 2.00. The van der Waals surface area contributed by atoms with E-state index >= 15 is 0 Å². The van der Waals surface area contributed by atoms with Gasteiger partial charge in [0.2, 0.25) is 5.91 Å². The molecule has 0 atom stereocenters. The van der Waals surface area contributed by atoms with E-state index < -0.39 is 5.97 Å². The SMILES string of the molecule is COC(=O)c1ccc(NC(=O)CCc2cccc(O)c2)cc1. The number of aryl methyl sites for hydroxylation is 1. The van der Waals surface area contributed by atoms with Gasteiger partial charge in [-0.1, -0.05) is 12.1 Å². The van der Waals surface area contributed by atoms with Crippen molar-refractivity contribution in [3.05, 3.63) is 59.7 Å². The quantitative estimate of drug-likeness (QED) is 0.832. The van der Waals surface area contributed by atoms with Crippen LogP contribution in [-0.2, 0) is 16.0 Å². The van der Waals surface area contributed by atoms with Gasteiger partial charge in [0.05, 0.1) is 12.7 Å². The number of ether oxygens (including phenoxy) is 1. The molecule has 2 rings (SSSR count). The van der Waals surface area contributed by atoms with Crippen LogP contribution in [0.3, 0.4) is 0 Å². The molecule has 0 fully saturated rings. The number of phenols is 1. The summed E-state index contributed by atoms with van der Waals surface area (Å²) in [6.07, 6.45) is 0.850. The second kappa shape index (κ2) is 7.26. The Labute approximate surface area is 128 Å². The first kappa shape index (κ1) is 15.6. The van der Waals surface area contributed by atoms with Crippen LogP contribution in [0.1, 0.15) is 22.3 Å². The zero-order chi connectivity index (χ0) is 15.9. The Hall–Kier alpha value is -2.82. The fourth-order valence-corrected chi connectivity index (χ4v) is 2.00. The second-order valence-corrected chi connectivity index (χ2v) is 4.79. The predicted octanol–water partition coefficient (Wildman–Crippen LogP) is 2.75. The van der Waals surface area contributed by atoms with E-state index in [-0.39, 0.29) is 11.7 Å². The van der Waals surface area contributed by atoms with Crippen LogP contribution in [0.2, 0.25) is 0 Å². The van der Waals surface area contributed by atoms with Crippen molar-refractivity contribution in [1.29, 1.82) is 0 Å². The average molecular weight is 299 g/mol. The average Bonchev–Trinajstić information content (AvgIpc) is 2.53. The van der Waals surface area contributed by atoms with E-state index in [9.17, 15) is 14.7 Å². The molecule has 1 amide bonds. The summed E-state index contributed by atoms with van der Waals surface area (Å²) >= 11 is 0. The van der Waals surface area contributed by atoms with Crippen molar-refractivity contribution in [1.82, 2.24) is 0 Å². The Balaban J connectivity index is 1.88. The van der Waals surface area contributed by atoms with Crippen LogP contribution in [0.5, 0.6) is 5.75 Å². The van der Waals surface area contributed by atoms with E-state index in [0.29, 0.717) is 24.1 Å². The molecule has 0 saturated heterocycles. The minimum absolute atomic E-state index is 0.130. The minimum Gasteiger partial charge on any atom is -0.508 e. The number of anilines is 1. The third-order valence-electron chi connectivity index (χ3n) is 3.14.